The second kappa shape index (κ2) is 4.79. The molecule has 1 fully saturated rings. The maximum atomic E-state index is 11.7. The number of aliphatic hydroxyl groups is 1. The Morgan fingerprint density at radius 1 is 1.47 bits per heavy atom. The molecule has 0 aliphatic carbocycles. The Labute approximate surface area is 101 Å². The lowest BCUT2D eigenvalue weighted by molar-refractivity contribution is 0.0567. The minimum atomic E-state index is -3.92. The van der Waals surface area contributed by atoms with Crippen LogP contribution in [0.1, 0.15) is 27.2 Å². The van der Waals surface area contributed by atoms with E-state index in [9.17, 15) is 18.3 Å². The summed E-state index contributed by atoms with van der Waals surface area (Å²) in [4.78, 5) is 11.3. The number of nitrogens with one attached hydrogen (secondary N) is 1. The van der Waals surface area contributed by atoms with Gasteiger partial charge in [-0.25, -0.2) is 9.52 Å². The summed E-state index contributed by atoms with van der Waals surface area (Å²) in [5.41, 5.74) is -0.760. The van der Waals surface area contributed by atoms with Gasteiger partial charge in [-0.15, -0.1) is 0 Å². The molecule has 1 rings (SSSR count). The van der Waals surface area contributed by atoms with Crippen molar-refractivity contribution >= 4 is 16.3 Å². The Kier molecular flexibility index (Phi) is 4.00. The summed E-state index contributed by atoms with van der Waals surface area (Å²) in [5, 5.41) is 9.23. The Morgan fingerprint density at radius 3 is 2.47 bits per heavy atom. The van der Waals surface area contributed by atoms with Crippen molar-refractivity contribution in [1.29, 1.82) is 0 Å². The average Bonchev–Trinajstić information content (AvgIpc) is 2.46. The number of hydrogen-bond donors (Lipinski definition) is 2. The third-order valence-corrected chi connectivity index (χ3v) is 3.51. The summed E-state index contributed by atoms with van der Waals surface area (Å²) < 4.78 is 31.0. The van der Waals surface area contributed by atoms with Crippen molar-refractivity contribution in [1.82, 2.24) is 9.03 Å². The van der Waals surface area contributed by atoms with Crippen molar-refractivity contribution in [3.05, 3.63) is 0 Å². The summed E-state index contributed by atoms with van der Waals surface area (Å²) in [6.45, 7) is 5.11. The molecule has 0 radical (unpaired) electrons. The lowest BCUT2D eigenvalue weighted by Gasteiger charge is -2.21. The van der Waals surface area contributed by atoms with Crippen molar-refractivity contribution in [3.8, 4) is 0 Å². The number of aliphatic hydroxyl groups excluding tert-OH is 1. The van der Waals surface area contributed by atoms with Crippen LogP contribution in [-0.4, -0.2) is 48.7 Å². The van der Waals surface area contributed by atoms with E-state index in [0.717, 1.165) is 4.31 Å². The molecule has 0 aromatic carbocycles. The minimum Gasteiger partial charge on any atom is -0.443 e. The molecule has 1 aliphatic heterocycles. The summed E-state index contributed by atoms with van der Waals surface area (Å²) in [7, 11) is -3.92. The van der Waals surface area contributed by atoms with Crippen LogP contribution in [0, 0.1) is 0 Å². The maximum Gasteiger partial charge on any atom is 0.422 e. The van der Waals surface area contributed by atoms with E-state index in [4.69, 9.17) is 4.74 Å². The van der Waals surface area contributed by atoms with Gasteiger partial charge in [0.1, 0.15) is 5.60 Å². The summed E-state index contributed by atoms with van der Waals surface area (Å²) in [5.74, 6) is 0. The molecule has 0 aromatic heterocycles. The first-order chi connectivity index (χ1) is 7.60. The first kappa shape index (κ1) is 14.2. The molecule has 100 valence electrons. The fourth-order valence-electron chi connectivity index (χ4n) is 1.40. The van der Waals surface area contributed by atoms with E-state index in [2.05, 4.69) is 0 Å². The van der Waals surface area contributed by atoms with Crippen LogP contribution in [0.25, 0.3) is 0 Å². The molecule has 1 heterocycles. The molecule has 0 saturated carbocycles. The second-order valence-corrected chi connectivity index (χ2v) is 6.58. The molecule has 7 nitrogen and oxygen atoms in total. The van der Waals surface area contributed by atoms with Crippen molar-refractivity contribution in [3.63, 3.8) is 0 Å². The van der Waals surface area contributed by atoms with E-state index in [0.29, 0.717) is 6.42 Å². The zero-order valence-corrected chi connectivity index (χ0v) is 11.0. The quantitative estimate of drug-likeness (QED) is 0.723. The van der Waals surface area contributed by atoms with Crippen LogP contribution in [0.15, 0.2) is 0 Å². The Balaban J connectivity index is 2.58. The third kappa shape index (κ3) is 4.49. The molecule has 1 amide bonds. The van der Waals surface area contributed by atoms with E-state index in [-0.39, 0.29) is 13.1 Å². The number of carbonyl (C=O) groups is 1. The zero-order chi connectivity index (χ0) is 13.3. The monoisotopic (exact) mass is 266 g/mol. The number of carbonyl (C=O) groups excluding carboxylic acids is 1. The Bertz CT molecular complexity index is 387. The Hall–Kier alpha value is -0.860. The van der Waals surface area contributed by atoms with Crippen LogP contribution in [0.5, 0.6) is 0 Å². The van der Waals surface area contributed by atoms with E-state index in [1.54, 1.807) is 25.5 Å². The van der Waals surface area contributed by atoms with Crippen LogP contribution in [0.2, 0.25) is 0 Å². The van der Waals surface area contributed by atoms with Gasteiger partial charge in [-0.1, -0.05) is 0 Å². The van der Waals surface area contributed by atoms with Gasteiger partial charge in [-0.05, 0) is 27.2 Å². The average molecular weight is 266 g/mol. The van der Waals surface area contributed by atoms with Crippen molar-refractivity contribution in [2.45, 2.75) is 38.9 Å². The van der Waals surface area contributed by atoms with Crippen molar-refractivity contribution in [2.75, 3.05) is 13.1 Å². The highest BCUT2D eigenvalue weighted by atomic mass is 32.2. The van der Waals surface area contributed by atoms with Gasteiger partial charge in [-0.3, -0.25) is 0 Å². The van der Waals surface area contributed by atoms with E-state index in [1.165, 1.54) is 0 Å². The normalized spacial score (nSPS) is 22.5. The number of hydrogen-bond acceptors (Lipinski definition) is 5. The first-order valence-corrected chi connectivity index (χ1v) is 6.73. The third-order valence-electron chi connectivity index (χ3n) is 2.08. The number of β-amino-alcohol motifs (C(OH)–C–C–N with tert-alkyl or cyclic N) is 1. The predicted octanol–water partition coefficient (Wildman–Crippen LogP) is -0.178. The van der Waals surface area contributed by atoms with Gasteiger partial charge >= 0.3 is 16.3 Å². The molecule has 1 atom stereocenters. The van der Waals surface area contributed by atoms with Gasteiger partial charge in [0.15, 0.2) is 0 Å². The number of ether oxygens (including phenoxy) is 1. The molecule has 8 heteroatoms. The van der Waals surface area contributed by atoms with Crippen LogP contribution in [0.3, 0.4) is 0 Å². The second-order valence-electron chi connectivity index (χ2n) is 4.91. The molecule has 17 heavy (non-hydrogen) atoms. The van der Waals surface area contributed by atoms with Gasteiger partial charge < -0.3 is 9.84 Å². The SMILES string of the molecule is CC(C)(C)OC(=O)NS(=O)(=O)N1CCC(O)C1. The summed E-state index contributed by atoms with van der Waals surface area (Å²) in [6.07, 6.45) is -1.32. The molecule has 1 saturated heterocycles. The van der Waals surface area contributed by atoms with E-state index >= 15 is 0 Å². The highest BCUT2D eigenvalue weighted by Crippen LogP contribution is 2.13. The smallest absolute Gasteiger partial charge is 0.422 e. The first-order valence-electron chi connectivity index (χ1n) is 5.29. The number of rotatable bonds is 2. The lowest BCUT2D eigenvalue weighted by Crippen LogP contribution is -2.44. The minimum absolute atomic E-state index is 0.00185. The summed E-state index contributed by atoms with van der Waals surface area (Å²) >= 11 is 0. The molecule has 0 spiro atoms. The van der Waals surface area contributed by atoms with Gasteiger partial charge in [0, 0.05) is 13.1 Å². The fraction of sp³-hybridized carbons (Fsp3) is 0.889. The van der Waals surface area contributed by atoms with Crippen molar-refractivity contribution < 1.29 is 23.1 Å². The maximum absolute atomic E-state index is 11.7. The molecular formula is C9H18N2O5S. The highest BCUT2D eigenvalue weighted by Gasteiger charge is 2.32. The summed E-state index contributed by atoms with van der Waals surface area (Å²) in [6, 6.07) is 0. The molecule has 0 aromatic rings. The Morgan fingerprint density at radius 2 is 2.06 bits per heavy atom. The largest absolute Gasteiger partial charge is 0.443 e. The van der Waals surface area contributed by atoms with Gasteiger partial charge in [0.25, 0.3) is 0 Å². The van der Waals surface area contributed by atoms with Gasteiger partial charge in [0.2, 0.25) is 0 Å². The van der Waals surface area contributed by atoms with Gasteiger partial charge in [-0.2, -0.15) is 12.7 Å². The molecule has 0 bridgehead atoms. The lowest BCUT2D eigenvalue weighted by atomic mass is 10.2. The zero-order valence-electron chi connectivity index (χ0n) is 10.1. The van der Waals surface area contributed by atoms with E-state index in [1.807, 2.05) is 0 Å². The molecule has 2 N–H and O–H groups in total. The van der Waals surface area contributed by atoms with Crippen LogP contribution >= 0.6 is 0 Å². The van der Waals surface area contributed by atoms with Gasteiger partial charge in [0.05, 0.1) is 6.10 Å². The van der Waals surface area contributed by atoms with E-state index < -0.39 is 28.0 Å². The standard InChI is InChI=1S/C9H18N2O5S/c1-9(2,3)16-8(13)10-17(14,15)11-5-4-7(12)6-11/h7,12H,4-6H2,1-3H3,(H,10,13). The van der Waals surface area contributed by atoms with Crippen molar-refractivity contribution in [2.24, 2.45) is 0 Å². The molecule has 1 aliphatic rings. The molecular weight excluding hydrogens is 248 g/mol. The molecule has 1 unspecified atom stereocenters. The topological polar surface area (TPSA) is 95.9 Å². The fourth-order valence-corrected chi connectivity index (χ4v) is 2.49. The number of amides is 1. The predicted molar refractivity (Wildman–Crippen MR) is 60.5 cm³/mol. The van der Waals surface area contributed by atoms with Crippen LogP contribution in [0.4, 0.5) is 4.79 Å². The van der Waals surface area contributed by atoms with Crippen LogP contribution in [-0.2, 0) is 14.9 Å². The van der Waals surface area contributed by atoms with Crippen LogP contribution < -0.4 is 4.72 Å². The highest BCUT2D eigenvalue weighted by molar-refractivity contribution is 7.87. The number of nitrogens with zero attached hydrogens (tertiary/aromatic N) is 1.